The fourth-order valence-electron chi connectivity index (χ4n) is 2.80. The van der Waals surface area contributed by atoms with Gasteiger partial charge in [-0.25, -0.2) is 9.97 Å². The molecule has 8 nitrogen and oxygen atoms in total. The lowest BCUT2D eigenvalue weighted by Crippen LogP contribution is -2.32. The number of ether oxygens (including phenoxy) is 2. The number of hydrogen-bond donors (Lipinski definition) is 2. The van der Waals surface area contributed by atoms with E-state index in [1.54, 1.807) is 20.4 Å². The number of methoxy groups -OCH3 is 2. The zero-order chi connectivity index (χ0) is 19.1. The van der Waals surface area contributed by atoms with Gasteiger partial charge in [-0.05, 0) is 24.3 Å². The number of pyridine rings is 1. The van der Waals surface area contributed by atoms with Crippen LogP contribution in [0.3, 0.4) is 0 Å². The second-order valence-electron chi connectivity index (χ2n) is 5.93. The number of aromatic nitrogens is 3. The zero-order valence-corrected chi connectivity index (χ0v) is 15.6. The summed E-state index contributed by atoms with van der Waals surface area (Å²) in [6, 6.07) is 9.79. The van der Waals surface area contributed by atoms with Crippen LogP contribution in [0.1, 0.15) is 0 Å². The summed E-state index contributed by atoms with van der Waals surface area (Å²) in [5, 5.41) is 4.31. The molecule has 0 radical (unpaired) electrons. The van der Waals surface area contributed by atoms with Gasteiger partial charge in [-0.3, -0.25) is 4.98 Å². The number of anilines is 4. The van der Waals surface area contributed by atoms with E-state index in [4.69, 9.17) is 15.2 Å². The fraction of sp³-hybridized carbons (Fsp3) is 0.316. The monoisotopic (exact) mass is 368 g/mol. The molecule has 1 aromatic carbocycles. The van der Waals surface area contributed by atoms with Gasteiger partial charge in [0, 0.05) is 44.6 Å². The van der Waals surface area contributed by atoms with Crippen LogP contribution in [0, 0.1) is 0 Å². The molecule has 0 spiro atoms. The molecule has 8 heteroatoms. The standard InChI is InChI=1S/C19H24N6O2/c1-26-11-9-25(10-12-27-2)19-17(20)18(22-13-23-19)24-16-7-3-6-15-14(16)5-4-8-21-15/h3-8,13H,9-12,20H2,1-2H3,(H,22,23,24). The number of rotatable bonds is 9. The van der Waals surface area contributed by atoms with E-state index >= 15 is 0 Å². The average molecular weight is 368 g/mol. The summed E-state index contributed by atoms with van der Waals surface area (Å²) in [6.07, 6.45) is 3.27. The number of benzene rings is 1. The Bertz CT molecular complexity index is 876. The topological polar surface area (TPSA) is 98.4 Å². The minimum atomic E-state index is 0.477. The molecule has 27 heavy (non-hydrogen) atoms. The summed E-state index contributed by atoms with van der Waals surface area (Å²) < 4.78 is 10.4. The van der Waals surface area contributed by atoms with E-state index < -0.39 is 0 Å². The molecule has 0 saturated carbocycles. The summed E-state index contributed by atoms with van der Waals surface area (Å²) >= 11 is 0. The van der Waals surface area contributed by atoms with Crippen molar-refractivity contribution in [3.8, 4) is 0 Å². The van der Waals surface area contributed by atoms with Crippen LogP contribution < -0.4 is 16.0 Å². The smallest absolute Gasteiger partial charge is 0.159 e. The van der Waals surface area contributed by atoms with Crippen LogP contribution in [-0.2, 0) is 9.47 Å². The molecule has 0 saturated heterocycles. The van der Waals surface area contributed by atoms with E-state index in [0.29, 0.717) is 43.6 Å². The van der Waals surface area contributed by atoms with Crippen LogP contribution in [0.25, 0.3) is 10.9 Å². The highest BCUT2D eigenvalue weighted by atomic mass is 16.5. The summed E-state index contributed by atoms with van der Waals surface area (Å²) in [4.78, 5) is 15.1. The molecule has 0 amide bonds. The van der Waals surface area contributed by atoms with Crippen LogP contribution >= 0.6 is 0 Å². The SMILES string of the molecule is COCCN(CCOC)c1ncnc(Nc2cccc3ncccc23)c1N. The first-order valence-corrected chi connectivity index (χ1v) is 8.68. The highest BCUT2D eigenvalue weighted by Gasteiger charge is 2.16. The Kier molecular flexibility index (Phi) is 6.35. The molecule has 2 heterocycles. The normalized spacial score (nSPS) is 10.9. The maximum Gasteiger partial charge on any atom is 0.159 e. The molecular weight excluding hydrogens is 344 g/mol. The Morgan fingerprint density at radius 1 is 1.00 bits per heavy atom. The van der Waals surface area contributed by atoms with Crippen LogP contribution in [0.5, 0.6) is 0 Å². The summed E-state index contributed by atoms with van der Waals surface area (Å²) in [6.45, 7) is 2.42. The van der Waals surface area contributed by atoms with E-state index in [1.807, 2.05) is 35.2 Å². The third kappa shape index (κ3) is 4.42. The first-order valence-electron chi connectivity index (χ1n) is 8.68. The van der Waals surface area contributed by atoms with Crippen molar-refractivity contribution in [1.29, 1.82) is 0 Å². The molecule has 3 aromatic rings. The van der Waals surface area contributed by atoms with Crippen molar-refractivity contribution in [2.45, 2.75) is 0 Å². The summed E-state index contributed by atoms with van der Waals surface area (Å²) in [7, 11) is 3.33. The van der Waals surface area contributed by atoms with Crippen LogP contribution in [0.2, 0.25) is 0 Å². The van der Waals surface area contributed by atoms with Crippen molar-refractivity contribution >= 4 is 33.9 Å². The zero-order valence-electron chi connectivity index (χ0n) is 15.6. The molecule has 3 N–H and O–H groups in total. The molecule has 142 valence electrons. The first kappa shape index (κ1) is 18.8. The minimum Gasteiger partial charge on any atom is -0.393 e. The van der Waals surface area contributed by atoms with Gasteiger partial charge in [-0.2, -0.15) is 0 Å². The van der Waals surface area contributed by atoms with Crippen molar-refractivity contribution in [2.75, 3.05) is 56.5 Å². The van der Waals surface area contributed by atoms with Crippen LogP contribution in [-0.4, -0.2) is 55.5 Å². The van der Waals surface area contributed by atoms with Crippen molar-refractivity contribution in [1.82, 2.24) is 15.0 Å². The molecule has 3 rings (SSSR count). The van der Waals surface area contributed by atoms with Crippen molar-refractivity contribution in [3.63, 3.8) is 0 Å². The Morgan fingerprint density at radius 2 is 1.78 bits per heavy atom. The predicted molar refractivity (Wildman–Crippen MR) is 107 cm³/mol. The summed E-state index contributed by atoms with van der Waals surface area (Å²) in [5.41, 5.74) is 8.66. The van der Waals surface area contributed by atoms with Gasteiger partial charge in [0.05, 0.1) is 18.7 Å². The molecular formula is C19H24N6O2. The van der Waals surface area contributed by atoms with Crippen molar-refractivity contribution in [2.24, 2.45) is 0 Å². The lowest BCUT2D eigenvalue weighted by Gasteiger charge is -2.25. The molecule has 0 atom stereocenters. The Morgan fingerprint density at radius 3 is 2.52 bits per heavy atom. The molecule has 0 aliphatic carbocycles. The number of fused-ring (bicyclic) bond motifs is 1. The second-order valence-corrected chi connectivity index (χ2v) is 5.93. The first-order chi connectivity index (χ1) is 13.2. The van der Waals surface area contributed by atoms with E-state index in [2.05, 4.69) is 20.3 Å². The molecule has 0 aliphatic rings. The highest BCUT2D eigenvalue weighted by molar-refractivity contribution is 5.94. The van der Waals surface area contributed by atoms with E-state index in [1.165, 1.54) is 6.33 Å². The largest absolute Gasteiger partial charge is 0.393 e. The van der Waals surface area contributed by atoms with Gasteiger partial charge in [-0.1, -0.05) is 6.07 Å². The molecule has 0 bridgehead atoms. The van der Waals surface area contributed by atoms with Crippen molar-refractivity contribution < 1.29 is 9.47 Å². The Labute approximate surface area is 158 Å². The van der Waals surface area contributed by atoms with Gasteiger partial charge in [-0.15, -0.1) is 0 Å². The third-order valence-corrected chi connectivity index (χ3v) is 4.19. The number of nitrogen functional groups attached to an aromatic ring is 1. The third-order valence-electron chi connectivity index (χ3n) is 4.19. The molecule has 0 unspecified atom stereocenters. The number of hydrogen-bond acceptors (Lipinski definition) is 8. The average Bonchev–Trinajstić information content (AvgIpc) is 2.70. The highest BCUT2D eigenvalue weighted by Crippen LogP contribution is 2.31. The second kappa shape index (κ2) is 9.11. The molecule has 2 aromatic heterocycles. The predicted octanol–water partition coefficient (Wildman–Crippen LogP) is 2.45. The van der Waals surface area contributed by atoms with Crippen LogP contribution in [0.15, 0.2) is 42.9 Å². The van der Waals surface area contributed by atoms with Gasteiger partial charge in [0.2, 0.25) is 0 Å². The Balaban J connectivity index is 1.91. The van der Waals surface area contributed by atoms with Gasteiger partial charge in [0.25, 0.3) is 0 Å². The number of nitrogens with two attached hydrogens (primary N) is 1. The maximum absolute atomic E-state index is 6.39. The lowest BCUT2D eigenvalue weighted by atomic mass is 10.2. The van der Waals surface area contributed by atoms with E-state index in [9.17, 15) is 0 Å². The Hall–Kier alpha value is -2.97. The van der Waals surface area contributed by atoms with Crippen molar-refractivity contribution in [3.05, 3.63) is 42.9 Å². The lowest BCUT2D eigenvalue weighted by molar-refractivity contribution is 0.190. The van der Waals surface area contributed by atoms with Gasteiger partial charge < -0.3 is 25.4 Å². The number of nitrogens with one attached hydrogen (secondary N) is 1. The van der Waals surface area contributed by atoms with Gasteiger partial charge in [0.1, 0.15) is 12.0 Å². The maximum atomic E-state index is 6.39. The van der Waals surface area contributed by atoms with E-state index in [0.717, 1.165) is 16.6 Å². The van der Waals surface area contributed by atoms with Gasteiger partial charge >= 0.3 is 0 Å². The number of nitrogens with zero attached hydrogens (tertiary/aromatic N) is 4. The minimum absolute atomic E-state index is 0.477. The fourth-order valence-corrected chi connectivity index (χ4v) is 2.80. The molecule has 0 aliphatic heterocycles. The van der Waals surface area contributed by atoms with Gasteiger partial charge in [0.15, 0.2) is 11.6 Å². The van der Waals surface area contributed by atoms with Crippen LogP contribution in [0.4, 0.5) is 23.0 Å². The summed E-state index contributed by atoms with van der Waals surface area (Å²) in [5.74, 6) is 1.20. The quantitative estimate of drug-likeness (QED) is 0.594. The molecule has 0 fully saturated rings. The van der Waals surface area contributed by atoms with E-state index in [-0.39, 0.29) is 0 Å².